The number of nitrogens with one attached hydrogen (secondary N) is 2. The molecule has 0 saturated carbocycles. The van der Waals surface area contributed by atoms with Crippen LogP contribution < -0.4 is 10.4 Å². The van der Waals surface area contributed by atoms with E-state index in [1.807, 2.05) is 30.3 Å². The Morgan fingerprint density at radius 3 is 2.69 bits per heavy atom. The molecule has 0 aliphatic heterocycles. The number of para-hydroxylation sites is 2. The third-order valence-corrected chi connectivity index (χ3v) is 4.23. The van der Waals surface area contributed by atoms with E-state index in [1.165, 1.54) is 0 Å². The molecule has 0 atom stereocenters. The topological polar surface area (TPSA) is 97.9 Å². The van der Waals surface area contributed by atoms with Crippen LogP contribution in [0.1, 0.15) is 16.1 Å². The molecular weight excluding hydrogens is 330 g/mol. The van der Waals surface area contributed by atoms with Crippen LogP contribution in [0.4, 0.5) is 5.69 Å². The zero-order chi connectivity index (χ0) is 18.1. The number of aromatic nitrogens is 2. The molecule has 0 saturated heterocycles. The van der Waals surface area contributed by atoms with Gasteiger partial charge in [-0.05, 0) is 23.8 Å². The molecule has 6 nitrogen and oxygen atoms in total. The highest BCUT2D eigenvalue weighted by atomic mass is 16.4. The van der Waals surface area contributed by atoms with Gasteiger partial charge in [0.05, 0.1) is 35.5 Å². The molecule has 0 fully saturated rings. The normalized spacial score (nSPS) is 10.9. The number of rotatable bonds is 4. The average Bonchev–Trinajstić information content (AvgIpc) is 3.00. The van der Waals surface area contributed by atoms with Gasteiger partial charge in [0, 0.05) is 16.3 Å². The third-order valence-electron chi connectivity index (χ3n) is 4.23. The molecule has 0 radical (unpaired) electrons. The van der Waals surface area contributed by atoms with E-state index in [-0.39, 0.29) is 18.0 Å². The summed E-state index contributed by atoms with van der Waals surface area (Å²) in [5.74, 6) is -1.66. The number of carbonyl (C=O) groups is 2. The molecule has 2 heterocycles. The summed E-state index contributed by atoms with van der Waals surface area (Å²) in [5, 5.41) is 15.8. The van der Waals surface area contributed by atoms with Crippen molar-refractivity contribution in [2.24, 2.45) is 0 Å². The molecule has 4 aromatic rings. The number of carbonyl (C=O) groups excluding carboxylic acids is 2. The smallest absolute Gasteiger partial charge is 0.228 e. The summed E-state index contributed by atoms with van der Waals surface area (Å²) in [5.41, 5.74) is 2.39. The maximum absolute atomic E-state index is 12.5. The van der Waals surface area contributed by atoms with E-state index in [0.29, 0.717) is 22.2 Å². The first-order chi connectivity index (χ1) is 12.6. The molecule has 0 spiro atoms. The highest BCUT2D eigenvalue weighted by Crippen LogP contribution is 2.23. The summed E-state index contributed by atoms with van der Waals surface area (Å²) in [6, 6.07) is 16.5. The molecule has 26 heavy (non-hydrogen) atoms. The molecule has 2 aromatic carbocycles. The van der Waals surface area contributed by atoms with Crippen LogP contribution >= 0.6 is 0 Å². The van der Waals surface area contributed by atoms with Crippen LogP contribution in [-0.4, -0.2) is 21.8 Å². The molecule has 2 aromatic heterocycles. The Labute approximate surface area is 148 Å². The van der Waals surface area contributed by atoms with Gasteiger partial charge in [-0.25, -0.2) is 0 Å². The highest BCUT2D eigenvalue weighted by molar-refractivity contribution is 6.02. The summed E-state index contributed by atoms with van der Waals surface area (Å²) >= 11 is 0. The Bertz CT molecular complexity index is 1150. The summed E-state index contributed by atoms with van der Waals surface area (Å²) in [6.45, 7) is 0. The molecule has 2 N–H and O–H groups in total. The van der Waals surface area contributed by atoms with Gasteiger partial charge in [0.1, 0.15) is 0 Å². The number of H-pyrrole nitrogens is 1. The lowest BCUT2D eigenvalue weighted by atomic mass is 10.1. The van der Waals surface area contributed by atoms with Crippen LogP contribution in [-0.2, 0) is 11.2 Å². The Hall–Kier alpha value is -3.67. The van der Waals surface area contributed by atoms with E-state index in [2.05, 4.69) is 15.3 Å². The van der Waals surface area contributed by atoms with E-state index in [4.69, 9.17) is 0 Å². The number of hydrogen-bond donors (Lipinski definition) is 2. The molecule has 0 bridgehead atoms. The van der Waals surface area contributed by atoms with Crippen molar-refractivity contribution in [3.63, 3.8) is 0 Å². The fraction of sp³-hybridized carbons (Fsp3) is 0.0500. The maximum atomic E-state index is 12.5. The minimum atomic E-state index is -1.34. The molecule has 6 heteroatoms. The summed E-state index contributed by atoms with van der Waals surface area (Å²) in [6.07, 6.45) is 1.50. The van der Waals surface area contributed by atoms with Crippen LogP contribution in [0.15, 0.2) is 60.8 Å². The van der Waals surface area contributed by atoms with Crippen LogP contribution in [0.5, 0.6) is 0 Å². The number of fused-ring (bicyclic) bond motifs is 2. The van der Waals surface area contributed by atoms with Crippen LogP contribution in [0.2, 0.25) is 0 Å². The second kappa shape index (κ2) is 6.33. The van der Waals surface area contributed by atoms with Crippen LogP contribution in [0, 0.1) is 0 Å². The van der Waals surface area contributed by atoms with Crippen LogP contribution in [0.25, 0.3) is 21.8 Å². The van der Waals surface area contributed by atoms with Crippen molar-refractivity contribution < 1.29 is 14.7 Å². The Kier molecular flexibility index (Phi) is 3.85. The largest absolute Gasteiger partial charge is 0.543 e. The van der Waals surface area contributed by atoms with Crippen molar-refractivity contribution in [2.75, 3.05) is 5.32 Å². The lowest BCUT2D eigenvalue weighted by Crippen LogP contribution is -2.25. The van der Waals surface area contributed by atoms with Gasteiger partial charge in [-0.15, -0.1) is 0 Å². The Morgan fingerprint density at radius 1 is 1.08 bits per heavy atom. The second-order valence-electron chi connectivity index (χ2n) is 5.95. The molecule has 0 unspecified atom stereocenters. The van der Waals surface area contributed by atoms with Gasteiger partial charge in [-0.1, -0.05) is 36.4 Å². The number of aromatic carboxylic acids is 1. The fourth-order valence-corrected chi connectivity index (χ4v) is 3.06. The van der Waals surface area contributed by atoms with Gasteiger partial charge in [0.25, 0.3) is 0 Å². The van der Waals surface area contributed by atoms with E-state index in [1.54, 1.807) is 30.5 Å². The Morgan fingerprint density at radius 2 is 1.85 bits per heavy atom. The number of carboxylic acids is 1. The summed E-state index contributed by atoms with van der Waals surface area (Å²) in [7, 11) is 0. The minimum absolute atomic E-state index is 0.0713. The maximum Gasteiger partial charge on any atom is 0.228 e. The number of pyridine rings is 1. The van der Waals surface area contributed by atoms with E-state index in [0.717, 1.165) is 10.9 Å². The van der Waals surface area contributed by atoms with Gasteiger partial charge in [-0.3, -0.25) is 9.78 Å². The average molecular weight is 344 g/mol. The lowest BCUT2D eigenvalue weighted by Gasteiger charge is -2.08. The van der Waals surface area contributed by atoms with Crippen molar-refractivity contribution in [3.8, 4) is 0 Å². The number of carboxylic acid groups (broad SMARTS) is 1. The quantitative estimate of drug-likeness (QED) is 0.593. The highest BCUT2D eigenvalue weighted by Gasteiger charge is 2.15. The SMILES string of the molecule is O=C(Cc1c(C(=O)[O-])[nH]c2ccccc12)Nc1cnc2ccccc2c1. The number of hydrogen-bond acceptors (Lipinski definition) is 4. The number of amides is 1. The van der Waals surface area contributed by atoms with Crippen molar-refractivity contribution in [1.29, 1.82) is 0 Å². The third kappa shape index (κ3) is 2.88. The van der Waals surface area contributed by atoms with Gasteiger partial charge < -0.3 is 20.2 Å². The molecule has 4 rings (SSSR count). The molecular formula is C20H14N3O3-. The lowest BCUT2D eigenvalue weighted by molar-refractivity contribution is -0.255. The first-order valence-corrected chi connectivity index (χ1v) is 8.07. The Balaban J connectivity index is 1.62. The van der Waals surface area contributed by atoms with E-state index < -0.39 is 5.97 Å². The zero-order valence-electron chi connectivity index (χ0n) is 13.7. The fourth-order valence-electron chi connectivity index (χ4n) is 3.06. The first kappa shape index (κ1) is 15.8. The number of benzene rings is 2. The molecule has 128 valence electrons. The first-order valence-electron chi connectivity index (χ1n) is 8.07. The number of nitrogens with zero attached hydrogens (tertiary/aromatic N) is 1. The van der Waals surface area contributed by atoms with Crippen molar-refractivity contribution >= 4 is 39.4 Å². The van der Waals surface area contributed by atoms with Gasteiger partial charge >= 0.3 is 0 Å². The second-order valence-corrected chi connectivity index (χ2v) is 5.95. The van der Waals surface area contributed by atoms with Crippen molar-refractivity contribution in [1.82, 2.24) is 9.97 Å². The predicted molar refractivity (Wildman–Crippen MR) is 96.7 cm³/mol. The molecule has 0 aliphatic rings. The summed E-state index contributed by atoms with van der Waals surface area (Å²) < 4.78 is 0. The van der Waals surface area contributed by atoms with Crippen molar-refractivity contribution in [2.45, 2.75) is 6.42 Å². The monoisotopic (exact) mass is 344 g/mol. The number of anilines is 1. The van der Waals surface area contributed by atoms with Crippen LogP contribution in [0.3, 0.4) is 0 Å². The minimum Gasteiger partial charge on any atom is -0.543 e. The van der Waals surface area contributed by atoms with E-state index >= 15 is 0 Å². The predicted octanol–water partition coefficient (Wildman–Crippen LogP) is 2.26. The van der Waals surface area contributed by atoms with Gasteiger partial charge in [-0.2, -0.15) is 0 Å². The van der Waals surface area contributed by atoms with E-state index in [9.17, 15) is 14.7 Å². The van der Waals surface area contributed by atoms with Crippen molar-refractivity contribution in [3.05, 3.63) is 72.1 Å². The standard InChI is InChI=1S/C20H15N3O3/c24-18(22-13-9-12-5-1-3-7-16(12)21-11-13)10-15-14-6-2-4-8-17(14)23-19(15)20(25)26/h1-9,11,23H,10H2,(H,22,24)(H,25,26)/p-1. The van der Waals surface area contributed by atoms with Gasteiger partial charge in [0.2, 0.25) is 5.91 Å². The molecule has 1 amide bonds. The zero-order valence-corrected chi connectivity index (χ0v) is 13.7. The molecule has 0 aliphatic carbocycles. The number of aromatic amines is 1. The van der Waals surface area contributed by atoms with Gasteiger partial charge in [0.15, 0.2) is 0 Å². The summed E-state index contributed by atoms with van der Waals surface area (Å²) in [4.78, 5) is 31.0.